The Morgan fingerprint density at radius 2 is 1.72 bits per heavy atom. The summed E-state index contributed by atoms with van der Waals surface area (Å²) in [6.07, 6.45) is 1.68. The number of hydrogen-bond acceptors (Lipinski definition) is 4. The van der Waals surface area contributed by atoms with Crippen molar-refractivity contribution in [1.29, 1.82) is 0 Å². The fourth-order valence-corrected chi connectivity index (χ4v) is 2.97. The Morgan fingerprint density at radius 3 is 2.48 bits per heavy atom. The minimum atomic E-state index is -0.479. The summed E-state index contributed by atoms with van der Waals surface area (Å²) in [4.78, 5) is 16.7. The topological polar surface area (TPSA) is 47.9 Å². The Bertz CT molecular complexity index is 1100. The van der Waals surface area contributed by atoms with Crippen molar-refractivity contribution in [3.8, 4) is 5.75 Å². The van der Waals surface area contributed by atoms with Crippen LogP contribution in [0.3, 0.4) is 0 Å². The Hall–Kier alpha value is -3.37. The molecule has 5 heteroatoms. The van der Waals surface area contributed by atoms with E-state index in [9.17, 15) is 4.79 Å². The first-order chi connectivity index (χ1) is 14.1. The molecule has 144 valence electrons. The van der Waals surface area contributed by atoms with Crippen molar-refractivity contribution < 1.29 is 14.3 Å². The summed E-state index contributed by atoms with van der Waals surface area (Å²) in [7, 11) is 0. The Kier molecular flexibility index (Phi) is 5.45. The smallest absolute Gasteiger partial charge is 0.363 e. The van der Waals surface area contributed by atoms with Crippen molar-refractivity contribution in [2.24, 2.45) is 4.99 Å². The maximum Gasteiger partial charge on any atom is 0.363 e. The Morgan fingerprint density at radius 1 is 1.00 bits per heavy atom. The monoisotopic (exact) mass is 403 g/mol. The van der Waals surface area contributed by atoms with Crippen LogP contribution in [-0.2, 0) is 16.1 Å². The van der Waals surface area contributed by atoms with E-state index in [4.69, 9.17) is 21.1 Å². The van der Waals surface area contributed by atoms with E-state index in [0.29, 0.717) is 23.3 Å². The largest absolute Gasteiger partial charge is 0.488 e. The van der Waals surface area contributed by atoms with Crippen molar-refractivity contribution in [3.05, 3.63) is 106 Å². The molecule has 0 N–H and O–H groups in total. The van der Waals surface area contributed by atoms with Crippen LogP contribution in [0.1, 0.15) is 22.3 Å². The highest BCUT2D eigenvalue weighted by atomic mass is 35.5. The molecule has 0 radical (unpaired) electrons. The molecule has 0 aromatic heterocycles. The maximum absolute atomic E-state index is 12.3. The van der Waals surface area contributed by atoms with E-state index in [2.05, 4.69) is 4.99 Å². The van der Waals surface area contributed by atoms with E-state index in [-0.39, 0.29) is 5.70 Å². The van der Waals surface area contributed by atoms with Crippen LogP contribution in [0.2, 0.25) is 5.02 Å². The van der Waals surface area contributed by atoms with Gasteiger partial charge in [-0.2, -0.15) is 0 Å². The number of carbonyl (C=O) groups excluding carboxylic acids is 1. The number of aryl methyl sites for hydroxylation is 1. The third-order valence-corrected chi connectivity index (χ3v) is 4.69. The number of rotatable bonds is 5. The molecule has 1 aliphatic rings. The zero-order valence-corrected chi connectivity index (χ0v) is 16.5. The van der Waals surface area contributed by atoms with Crippen molar-refractivity contribution >= 4 is 29.5 Å². The molecule has 0 amide bonds. The Balaban J connectivity index is 1.56. The number of para-hydroxylation sites is 1. The van der Waals surface area contributed by atoms with Gasteiger partial charge < -0.3 is 9.47 Å². The highest BCUT2D eigenvalue weighted by molar-refractivity contribution is 6.30. The number of benzene rings is 3. The first-order valence-corrected chi connectivity index (χ1v) is 9.52. The van der Waals surface area contributed by atoms with Gasteiger partial charge in [0.1, 0.15) is 12.4 Å². The number of hydrogen-bond donors (Lipinski definition) is 0. The van der Waals surface area contributed by atoms with Crippen molar-refractivity contribution in [2.75, 3.05) is 0 Å². The van der Waals surface area contributed by atoms with Gasteiger partial charge in [0.15, 0.2) is 5.70 Å². The van der Waals surface area contributed by atoms with E-state index in [1.165, 1.54) is 0 Å². The highest BCUT2D eigenvalue weighted by Gasteiger charge is 2.24. The lowest BCUT2D eigenvalue weighted by atomic mass is 10.1. The molecule has 0 spiro atoms. The molecule has 0 saturated carbocycles. The normalized spacial score (nSPS) is 14.6. The number of esters is 1. The van der Waals surface area contributed by atoms with Crippen molar-refractivity contribution in [3.63, 3.8) is 0 Å². The molecule has 4 rings (SSSR count). The molecule has 3 aromatic rings. The molecule has 0 unspecified atom stereocenters. The van der Waals surface area contributed by atoms with Crippen LogP contribution in [0.4, 0.5) is 0 Å². The van der Waals surface area contributed by atoms with Crippen LogP contribution in [0.25, 0.3) is 6.08 Å². The lowest BCUT2D eigenvalue weighted by molar-refractivity contribution is -0.129. The third-order valence-electron chi connectivity index (χ3n) is 4.44. The SMILES string of the molecule is Cc1ccc(C2=NC(=Cc3ccccc3OCc3ccc(Cl)cc3)C(=O)O2)cc1. The zero-order chi connectivity index (χ0) is 20.2. The third kappa shape index (κ3) is 4.55. The maximum atomic E-state index is 12.3. The molecular weight excluding hydrogens is 386 g/mol. The number of cyclic esters (lactones) is 1. The van der Waals surface area contributed by atoms with Crippen LogP contribution in [0.15, 0.2) is 83.5 Å². The summed E-state index contributed by atoms with van der Waals surface area (Å²) in [5.74, 6) is 0.482. The number of carbonyl (C=O) groups is 1. The van der Waals surface area contributed by atoms with E-state index in [0.717, 1.165) is 22.3 Å². The average Bonchev–Trinajstić information content (AvgIpc) is 3.09. The lowest BCUT2D eigenvalue weighted by Crippen LogP contribution is -2.05. The van der Waals surface area contributed by atoms with Crippen LogP contribution >= 0.6 is 11.6 Å². The standard InChI is InChI=1S/C24H18ClNO3/c1-16-6-10-18(11-7-16)23-26-21(24(27)29-23)14-19-4-2-3-5-22(19)28-15-17-8-12-20(25)13-9-17/h2-14H,15H2,1H3. The van der Waals surface area contributed by atoms with Crippen molar-refractivity contribution in [2.45, 2.75) is 13.5 Å². The van der Waals surface area contributed by atoms with Crippen molar-refractivity contribution in [1.82, 2.24) is 0 Å². The molecule has 1 aliphatic heterocycles. The highest BCUT2D eigenvalue weighted by Crippen LogP contribution is 2.25. The number of halogens is 1. The predicted octanol–water partition coefficient (Wildman–Crippen LogP) is 5.57. The van der Waals surface area contributed by atoms with Crippen LogP contribution in [-0.4, -0.2) is 11.9 Å². The minimum Gasteiger partial charge on any atom is -0.488 e. The zero-order valence-electron chi connectivity index (χ0n) is 15.8. The molecule has 0 atom stereocenters. The van der Waals surface area contributed by atoms with Crippen LogP contribution in [0, 0.1) is 6.92 Å². The first-order valence-electron chi connectivity index (χ1n) is 9.14. The van der Waals surface area contributed by atoms with Gasteiger partial charge in [0.2, 0.25) is 5.90 Å². The molecule has 0 bridgehead atoms. The Labute approximate surface area is 174 Å². The fourth-order valence-electron chi connectivity index (χ4n) is 2.85. The van der Waals surface area contributed by atoms with Crippen LogP contribution in [0.5, 0.6) is 5.75 Å². The lowest BCUT2D eigenvalue weighted by Gasteiger charge is -2.09. The molecule has 1 heterocycles. The van der Waals surface area contributed by atoms with E-state index < -0.39 is 5.97 Å². The number of aliphatic imine (C=N–C) groups is 1. The second kappa shape index (κ2) is 8.33. The van der Waals surface area contributed by atoms with E-state index >= 15 is 0 Å². The molecule has 0 saturated heterocycles. The fraction of sp³-hybridized carbons (Fsp3) is 0.0833. The summed E-state index contributed by atoms with van der Waals surface area (Å²) in [6, 6.07) is 22.6. The van der Waals surface area contributed by atoms with Gasteiger partial charge in [-0.1, -0.05) is 59.6 Å². The van der Waals surface area contributed by atoms with Gasteiger partial charge in [0, 0.05) is 16.1 Å². The number of nitrogens with zero attached hydrogens (tertiary/aromatic N) is 1. The molecule has 0 fully saturated rings. The average molecular weight is 404 g/mol. The quantitative estimate of drug-likeness (QED) is 0.413. The predicted molar refractivity (Wildman–Crippen MR) is 114 cm³/mol. The summed E-state index contributed by atoms with van der Waals surface area (Å²) in [5, 5.41) is 0.681. The van der Waals surface area contributed by atoms with Crippen LogP contribution < -0.4 is 4.74 Å². The summed E-state index contributed by atoms with van der Waals surface area (Å²) in [6.45, 7) is 2.39. The van der Waals surface area contributed by atoms with Gasteiger partial charge in [-0.3, -0.25) is 0 Å². The summed E-state index contributed by atoms with van der Waals surface area (Å²) in [5.41, 5.74) is 3.88. The first kappa shape index (κ1) is 19.0. The molecule has 4 nitrogen and oxygen atoms in total. The summed E-state index contributed by atoms with van der Waals surface area (Å²) < 4.78 is 11.3. The van der Waals surface area contributed by atoms with Gasteiger partial charge in [0.05, 0.1) is 0 Å². The molecule has 0 aliphatic carbocycles. The van der Waals surface area contributed by atoms with Gasteiger partial charge in [-0.25, -0.2) is 9.79 Å². The number of ether oxygens (including phenoxy) is 2. The molecular formula is C24H18ClNO3. The van der Waals surface area contributed by atoms with E-state index in [1.807, 2.05) is 79.7 Å². The van der Waals surface area contributed by atoms with Gasteiger partial charge in [0.25, 0.3) is 0 Å². The van der Waals surface area contributed by atoms with E-state index in [1.54, 1.807) is 6.08 Å². The second-order valence-electron chi connectivity index (χ2n) is 6.66. The molecule has 29 heavy (non-hydrogen) atoms. The second-order valence-corrected chi connectivity index (χ2v) is 7.09. The van der Waals surface area contributed by atoms with Gasteiger partial charge in [-0.05, 0) is 48.9 Å². The minimum absolute atomic E-state index is 0.239. The summed E-state index contributed by atoms with van der Waals surface area (Å²) >= 11 is 5.92. The molecule has 3 aromatic carbocycles. The van der Waals surface area contributed by atoms with Gasteiger partial charge in [-0.15, -0.1) is 0 Å². The van der Waals surface area contributed by atoms with Gasteiger partial charge >= 0.3 is 5.97 Å².